The molecule has 0 aromatic rings. The van der Waals surface area contributed by atoms with Gasteiger partial charge in [-0.25, -0.2) is 0 Å². The van der Waals surface area contributed by atoms with Crippen LogP contribution in [0.25, 0.3) is 0 Å². The summed E-state index contributed by atoms with van der Waals surface area (Å²) in [6.07, 6.45) is 3.11. The first-order valence-corrected chi connectivity index (χ1v) is 5.18. The zero-order valence-corrected chi connectivity index (χ0v) is 8.67. The lowest BCUT2D eigenvalue weighted by Gasteiger charge is -2.35. The van der Waals surface area contributed by atoms with Gasteiger partial charge in [-0.15, -0.1) is 0 Å². The number of ether oxygens (including phenoxy) is 1. The van der Waals surface area contributed by atoms with Gasteiger partial charge in [-0.2, -0.15) is 0 Å². The summed E-state index contributed by atoms with van der Waals surface area (Å²) >= 11 is 0. The summed E-state index contributed by atoms with van der Waals surface area (Å²) in [4.78, 5) is 11.6. The molecule has 2 aliphatic carbocycles. The van der Waals surface area contributed by atoms with Crippen LogP contribution in [0, 0.1) is 11.8 Å². The van der Waals surface area contributed by atoms with Crippen molar-refractivity contribution in [1.29, 1.82) is 0 Å². The van der Waals surface area contributed by atoms with Crippen molar-refractivity contribution in [1.82, 2.24) is 0 Å². The molecule has 0 aromatic carbocycles. The van der Waals surface area contributed by atoms with Gasteiger partial charge in [0.1, 0.15) is 6.10 Å². The molecule has 2 heteroatoms. The minimum absolute atomic E-state index is 0.0845. The summed E-state index contributed by atoms with van der Waals surface area (Å²) in [5.74, 6) is 1.54. The summed E-state index contributed by atoms with van der Waals surface area (Å²) in [6.45, 7) is 6.06. The van der Waals surface area contributed by atoms with Crippen molar-refractivity contribution >= 4 is 5.78 Å². The molecule has 2 nitrogen and oxygen atoms in total. The molecular weight excluding hydrogens is 164 g/mol. The molecule has 0 heterocycles. The van der Waals surface area contributed by atoms with Gasteiger partial charge in [0.25, 0.3) is 0 Å². The van der Waals surface area contributed by atoms with E-state index in [1.807, 2.05) is 20.8 Å². The third-order valence-electron chi connectivity index (χ3n) is 3.13. The molecule has 0 unspecified atom stereocenters. The molecule has 0 N–H and O–H groups in total. The highest BCUT2D eigenvalue weighted by Gasteiger charge is 2.49. The standard InChI is InChI=1S/C11H18O2/c1-11(2,3)13-10-8-5-4-7(8)6-9(10)12/h7-8,10H,4-6H2,1-3H3/t7-,8-,10-/m1/s1. The zero-order chi connectivity index (χ0) is 9.64. The number of hydrogen-bond acceptors (Lipinski definition) is 2. The van der Waals surface area contributed by atoms with Crippen LogP contribution in [0.5, 0.6) is 0 Å². The van der Waals surface area contributed by atoms with E-state index in [4.69, 9.17) is 4.74 Å². The summed E-state index contributed by atoms with van der Waals surface area (Å²) in [5, 5.41) is 0. The van der Waals surface area contributed by atoms with Crippen molar-refractivity contribution in [3.05, 3.63) is 0 Å². The summed E-state index contributed by atoms with van der Waals surface area (Å²) in [7, 11) is 0. The van der Waals surface area contributed by atoms with E-state index in [2.05, 4.69) is 0 Å². The summed E-state index contributed by atoms with van der Waals surface area (Å²) in [6, 6.07) is 0. The molecule has 0 aromatic heterocycles. The summed E-state index contributed by atoms with van der Waals surface area (Å²) in [5.41, 5.74) is -0.176. The Morgan fingerprint density at radius 2 is 2.00 bits per heavy atom. The normalized spacial score (nSPS) is 38.7. The topological polar surface area (TPSA) is 26.3 Å². The highest BCUT2D eigenvalue weighted by atomic mass is 16.5. The molecule has 0 saturated heterocycles. The molecule has 0 bridgehead atoms. The smallest absolute Gasteiger partial charge is 0.162 e. The van der Waals surface area contributed by atoms with E-state index in [0.29, 0.717) is 17.6 Å². The molecule has 13 heavy (non-hydrogen) atoms. The first-order chi connectivity index (χ1) is 5.97. The van der Waals surface area contributed by atoms with E-state index in [1.165, 1.54) is 12.8 Å². The van der Waals surface area contributed by atoms with Gasteiger partial charge in [0.15, 0.2) is 5.78 Å². The van der Waals surface area contributed by atoms with Crippen LogP contribution in [0.15, 0.2) is 0 Å². The predicted molar refractivity (Wildman–Crippen MR) is 50.5 cm³/mol. The van der Waals surface area contributed by atoms with Gasteiger partial charge in [-0.05, 0) is 45.4 Å². The average molecular weight is 182 g/mol. The quantitative estimate of drug-likeness (QED) is 0.621. The third-order valence-corrected chi connectivity index (χ3v) is 3.13. The maximum absolute atomic E-state index is 11.6. The second kappa shape index (κ2) is 2.81. The molecule has 0 aliphatic heterocycles. The third kappa shape index (κ3) is 1.64. The van der Waals surface area contributed by atoms with E-state index in [0.717, 1.165) is 6.42 Å². The Hall–Kier alpha value is -0.370. The molecular formula is C11H18O2. The van der Waals surface area contributed by atoms with Crippen LogP contribution < -0.4 is 0 Å². The van der Waals surface area contributed by atoms with Crippen LogP contribution in [0.3, 0.4) is 0 Å². The lowest BCUT2D eigenvalue weighted by molar-refractivity contribution is -0.141. The summed E-state index contributed by atoms with van der Waals surface area (Å²) < 4.78 is 5.80. The van der Waals surface area contributed by atoms with Crippen molar-refractivity contribution in [3.8, 4) is 0 Å². The van der Waals surface area contributed by atoms with Crippen LogP contribution in [-0.4, -0.2) is 17.5 Å². The molecule has 0 amide bonds. The van der Waals surface area contributed by atoms with Crippen LogP contribution in [0.1, 0.15) is 40.0 Å². The number of rotatable bonds is 1. The molecule has 2 rings (SSSR count). The van der Waals surface area contributed by atoms with Crippen LogP contribution >= 0.6 is 0 Å². The Kier molecular flexibility index (Phi) is 1.99. The number of fused-ring (bicyclic) bond motifs is 1. The van der Waals surface area contributed by atoms with Crippen molar-refractivity contribution in [2.75, 3.05) is 0 Å². The van der Waals surface area contributed by atoms with Gasteiger partial charge < -0.3 is 4.74 Å². The van der Waals surface area contributed by atoms with Crippen molar-refractivity contribution in [2.45, 2.75) is 51.7 Å². The largest absolute Gasteiger partial charge is 0.365 e. The highest BCUT2D eigenvalue weighted by Crippen LogP contribution is 2.47. The fourth-order valence-corrected chi connectivity index (χ4v) is 2.39. The van der Waals surface area contributed by atoms with Gasteiger partial charge >= 0.3 is 0 Å². The number of hydrogen-bond donors (Lipinski definition) is 0. The lowest BCUT2D eigenvalue weighted by Crippen LogP contribution is -2.37. The molecule has 3 atom stereocenters. The highest BCUT2D eigenvalue weighted by molar-refractivity contribution is 5.86. The van der Waals surface area contributed by atoms with Gasteiger partial charge in [0.2, 0.25) is 0 Å². The number of carbonyl (C=O) groups is 1. The van der Waals surface area contributed by atoms with Gasteiger partial charge in [-0.3, -0.25) is 4.79 Å². The van der Waals surface area contributed by atoms with Crippen LogP contribution in [0.2, 0.25) is 0 Å². The zero-order valence-electron chi connectivity index (χ0n) is 8.67. The average Bonchev–Trinajstić information content (AvgIpc) is 2.09. The molecule has 0 spiro atoms. The molecule has 2 fully saturated rings. The molecule has 2 saturated carbocycles. The monoisotopic (exact) mass is 182 g/mol. The Morgan fingerprint density at radius 1 is 1.31 bits per heavy atom. The lowest BCUT2D eigenvalue weighted by atomic mass is 9.75. The minimum atomic E-state index is -0.176. The van der Waals surface area contributed by atoms with Gasteiger partial charge in [-0.1, -0.05) is 0 Å². The van der Waals surface area contributed by atoms with Crippen LogP contribution in [-0.2, 0) is 9.53 Å². The van der Waals surface area contributed by atoms with Gasteiger partial charge in [0.05, 0.1) is 5.60 Å². The molecule has 0 radical (unpaired) electrons. The molecule has 2 aliphatic rings. The van der Waals surface area contributed by atoms with E-state index in [1.54, 1.807) is 0 Å². The predicted octanol–water partition coefficient (Wildman–Crippen LogP) is 2.17. The number of Topliss-reactive ketones (excluding diaryl/α,β-unsaturated/α-hetero) is 1. The Bertz CT molecular complexity index is 227. The fraction of sp³-hybridized carbons (Fsp3) is 0.909. The molecule has 74 valence electrons. The van der Waals surface area contributed by atoms with Crippen molar-refractivity contribution in [2.24, 2.45) is 11.8 Å². The first-order valence-electron chi connectivity index (χ1n) is 5.18. The van der Waals surface area contributed by atoms with E-state index in [9.17, 15) is 4.79 Å². The van der Waals surface area contributed by atoms with Crippen LogP contribution in [0.4, 0.5) is 0 Å². The number of ketones is 1. The minimum Gasteiger partial charge on any atom is -0.365 e. The van der Waals surface area contributed by atoms with Crippen molar-refractivity contribution in [3.63, 3.8) is 0 Å². The van der Waals surface area contributed by atoms with Gasteiger partial charge in [0, 0.05) is 6.42 Å². The number of carbonyl (C=O) groups excluding carboxylic acids is 1. The maximum atomic E-state index is 11.6. The SMILES string of the molecule is CC(C)(C)O[C@H]1C(=O)C[C@H]2CC[C@H]21. The Labute approximate surface area is 79.7 Å². The van der Waals surface area contributed by atoms with Crippen molar-refractivity contribution < 1.29 is 9.53 Å². The Balaban J connectivity index is 2.02. The Morgan fingerprint density at radius 3 is 2.38 bits per heavy atom. The maximum Gasteiger partial charge on any atom is 0.162 e. The fourth-order valence-electron chi connectivity index (χ4n) is 2.39. The van der Waals surface area contributed by atoms with E-state index in [-0.39, 0.29) is 11.7 Å². The second-order valence-corrected chi connectivity index (χ2v) is 5.32. The van der Waals surface area contributed by atoms with E-state index >= 15 is 0 Å². The first kappa shape index (κ1) is 9.20. The second-order valence-electron chi connectivity index (χ2n) is 5.32. The van der Waals surface area contributed by atoms with E-state index < -0.39 is 0 Å².